The average molecular weight is 387 g/mol. The topological polar surface area (TPSA) is 43.3 Å². The third-order valence-electron chi connectivity index (χ3n) is 3.96. The van der Waals surface area contributed by atoms with Gasteiger partial charge in [0, 0.05) is 28.1 Å². The Kier molecular flexibility index (Phi) is 5.20. The number of hydrogen-bond donors (Lipinski definition) is 1. The Balaban J connectivity index is 1.57. The molecule has 3 aromatic rings. The Bertz CT molecular complexity index is 857. The van der Waals surface area contributed by atoms with Crippen molar-refractivity contribution in [3.05, 3.63) is 64.8 Å². The van der Waals surface area contributed by atoms with E-state index < -0.39 is 0 Å². The maximum Gasteiger partial charge on any atom is 0.239 e. The normalized spacial score (nSPS) is 10.8. The number of para-hydroxylation sites is 1. The van der Waals surface area contributed by atoms with Crippen molar-refractivity contribution in [2.24, 2.45) is 0 Å². The minimum atomic E-state index is 0.00492. The largest absolute Gasteiger partial charge is 0.496 e. The molecule has 124 valence electrons. The Morgan fingerprint density at radius 3 is 2.88 bits per heavy atom. The molecule has 1 amide bonds. The summed E-state index contributed by atoms with van der Waals surface area (Å²) in [6.45, 7) is 0.904. The number of hydrogen-bond acceptors (Lipinski definition) is 2. The lowest BCUT2D eigenvalue weighted by atomic mass is 10.1. The van der Waals surface area contributed by atoms with Crippen LogP contribution in [-0.4, -0.2) is 24.1 Å². The Morgan fingerprint density at radius 1 is 1.21 bits per heavy atom. The summed E-state index contributed by atoms with van der Waals surface area (Å²) in [5.74, 6) is 0.860. The summed E-state index contributed by atoms with van der Waals surface area (Å²) >= 11 is 3.46. The maximum atomic E-state index is 12.2. The van der Waals surface area contributed by atoms with Gasteiger partial charge in [0.15, 0.2) is 0 Å². The molecule has 0 aliphatic carbocycles. The van der Waals surface area contributed by atoms with Crippen LogP contribution in [0.3, 0.4) is 0 Å². The molecule has 0 saturated carbocycles. The average Bonchev–Trinajstić information content (AvgIpc) is 2.97. The zero-order valence-corrected chi connectivity index (χ0v) is 15.0. The van der Waals surface area contributed by atoms with E-state index in [1.165, 1.54) is 0 Å². The zero-order valence-electron chi connectivity index (χ0n) is 13.5. The number of benzene rings is 2. The van der Waals surface area contributed by atoms with Gasteiger partial charge in [-0.25, -0.2) is 0 Å². The highest BCUT2D eigenvalue weighted by Gasteiger charge is 2.07. The first-order chi connectivity index (χ1) is 11.7. The third-order valence-corrected chi connectivity index (χ3v) is 4.45. The molecule has 1 N–H and O–H groups in total. The van der Waals surface area contributed by atoms with Crippen molar-refractivity contribution >= 4 is 32.7 Å². The second kappa shape index (κ2) is 7.53. The number of carbonyl (C=O) groups is 1. The number of rotatable bonds is 6. The molecule has 0 spiro atoms. The van der Waals surface area contributed by atoms with Gasteiger partial charge in [-0.2, -0.15) is 0 Å². The first-order valence-corrected chi connectivity index (χ1v) is 8.59. The van der Waals surface area contributed by atoms with Crippen LogP contribution in [0.15, 0.2) is 59.2 Å². The minimum Gasteiger partial charge on any atom is -0.496 e. The van der Waals surface area contributed by atoms with Crippen LogP contribution in [0.5, 0.6) is 5.75 Å². The molecule has 0 aliphatic heterocycles. The molecule has 4 nitrogen and oxygen atoms in total. The lowest BCUT2D eigenvalue weighted by Gasteiger charge is -2.10. The summed E-state index contributed by atoms with van der Waals surface area (Å²) in [4.78, 5) is 12.2. The lowest BCUT2D eigenvalue weighted by molar-refractivity contribution is -0.121. The van der Waals surface area contributed by atoms with Crippen LogP contribution < -0.4 is 10.1 Å². The van der Waals surface area contributed by atoms with Crippen LogP contribution >= 0.6 is 15.9 Å². The van der Waals surface area contributed by atoms with Crippen molar-refractivity contribution in [3.8, 4) is 5.75 Å². The fourth-order valence-electron chi connectivity index (χ4n) is 2.77. The summed E-state index contributed by atoms with van der Waals surface area (Å²) in [6, 6.07) is 15.9. The Labute approximate surface area is 149 Å². The highest BCUT2D eigenvalue weighted by molar-refractivity contribution is 9.10. The van der Waals surface area contributed by atoms with E-state index in [-0.39, 0.29) is 5.91 Å². The molecule has 0 atom stereocenters. The molecule has 0 radical (unpaired) electrons. The zero-order chi connectivity index (χ0) is 16.9. The number of ether oxygens (including phenoxy) is 1. The van der Waals surface area contributed by atoms with Crippen molar-refractivity contribution in [2.75, 3.05) is 13.7 Å². The van der Waals surface area contributed by atoms with E-state index in [9.17, 15) is 4.79 Å². The van der Waals surface area contributed by atoms with E-state index in [1.54, 1.807) is 7.11 Å². The molecule has 24 heavy (non-hydrogen) atoms. The van der Waals surface area contributed by atoms with Crippen LogP contribution in [0.25, 0.3) is 10.9 Å². The molecule has 1 heterocycles. The second-order valence-corrected chi connectivity index (χ2v) is 6.47. The summed E-state index contributed by atoms with van der Waals surface area (Å²) in [5, 5.41) is 4.09. The second-order valence-electron chi connectivity index (χ2n) is 5.56. The van der Waals surface area contributed by atoms with Crippen molar-refractivity contribution in [1.82, 2.24) is 9.88 Å². The first-order valence-electron chi connectivity index (χ1n) is 7.80. The summed E-state index contributed by atoms with van der Waals surface area (Å²) in [7, 11) is 1.66. The highest BCUT2D eigenvalue weighted by Crippen LogP contribution is 2.21. The summed E-state index contributed by atoms with van der Waals surface area (Å²) < 4.78 is 8.32. The van der Waals surface area contributed by atoms with Gasteiger partial charge in [0.2, 0.25) is 5.91 Å². The molecular weight excluding hydrogens is 368 g/mol. The van der Waals surface area contributed by atoms with Crippen LogP contribution in [0.4, 0.5) is 0 Å². The van der Waals surface area contributed by atoms with Gasteiger partial charge in [0.05, 0.1) is 7.11 Å². The van der Waals surface area contributed by atoms with Gasteiger partial charge in [0.25, 0.3) is 0 Å². The standard InChI is InChI=1S/C19H19BrN2O2/c1-24-18-5-3-2-4-14(18)8-10-21-19(23)13-22-11-9-15-12-16(20)6-7-17(15)22/h2-7,9,11-12H,8,10,13H2,1H3,(H,21,23). The van der Waals surface area contributed by atoms with E-state index >= 15 is 0 Å². The van der Waals surface area contributed by atoms with Gasteiger partial charge in [-0.1, -0.05) is 34.1 Å². The number of methoxy groups -OCH3 is 1. The first kappa shape index (κ1) is 16.6. The monoisotopic (exact) mass is 386 g/mol. The molecular formula is C19H19BrN2O2. The minimum absolute atomic E-state index is 0.00492. The van der Waals surface area contributed by atoms with Crippen molar-refractivity contribution in [1.29, 1.82) is 0 Å². The summed E-state index contributed by atoms with van der Waals surface area (Å²) in [5.41, 5.74) is 2.15. The molecule has 5 heteroatoms. The molecule has 0 fully saturated rings. The number of amides is 1. The van der Waals surface area contributed by atoms with E-state index in [1.807, 2.05) is 59.3 Å². The van der Waals surface area contributed by atoms with Gasteiger partial charge >= 0.3 is 0 Å². The van der Waals surface area contributed by atoms with Crippen molar-refractivity contribution in [3.63, 3.8) is 0 Å². The fourth-order valence-corrected chi connectivity index (χ4v) is 3.14. The smallest absolute Gasteiger partial charge is 0.239 e. The number of aromatic nitrogens is 1. The maximum absolute atomic E-state index is 12.2. The molecule has 2 aromatic carbocycles. The number of nitrogens with one attached hydrogen (secondary N) is 1. The Hall–Kier alpha value is -2.27. The number of fused-ring (bicyclic) bond motifs is 1. The number of halogens is 1. The van der Waals surface area contributed by atoms with Crippen molar-refractivity contribution in [2.45, 2.75) is 13.0 Å². The van der Waals surface area contributed by atoms with E-state index in [4.69, 9.17) is 4.74 Å². The molecule has 0 unspecified atom stereocenters. The quantitative estimate of drug-likeness (QED) is 0.700. The molecule has 0 saturated heterocycles. The van der Waals surface area contributed by atoms with E-state index in [2.05, 4.69) is 21.2 Å². The van der Waals surface area contributed by atoms with Gasteiger partial charge in [-0.15, -0.1) is 0 Å². The fraction of sp³-hybridized carbons (Fsp3) is 0.211. The van der Waals surface area contributed by atoms with E-state index in [0.717, 1.165) is 33.1 Å². The summed E-state index contributed by atoms with van der Waals surface area (Å²) in [6.07, 6.45) is 2.69. The predicted octanol–water partition coefficient (Wildman–Crippen LogP) is 3.77. The number of carbonyl (C=O) groups excluding carboxylic acids is 1. The predicted molar refractivity (Wildman–Crippen MR) is 99.3 cm³/mol. The van der Waals surface area contributed by atoms with Crippen LogP contribution in [0.1, 0.15) is 5.56 Å². The number of nitrogens with zero attached hydrogens (tertiary/aromatic N) is 1. The van der Waals surface area contributed by atoms with Gasteiger partial charge in [-0.05, 0) is 42.3 Å². The van der Waals surface area contributed by atoms with Gasteiger partial charge in [-0.3, -0.25) is 4.79 Å². The van der Waals surface area contributed by atoms with Crippen LogP contribution in [0, 0.1) is 0 Å². The van der Waals surface area contributed by atoms with Gasteiger partial charge in [0.1, 0.15) is 12.3 Å². The molecule has 3 rings (SSSR count). The van der Waals surface area contributed by atoms with Crippen molar-refractivity contribution < 1.29 is 9.53 Å². The van der Waals surface area contributed by atoms with E-state index in [0.29, 0.717) is 13.1 Å². The Morgan fingerprint density at radius 2 is 2.04 bits per heavy atom. The van der Waals surface area contributed by atoms with Crippen LogP contribution in [-0.2, 0) is 17.8 Å². The SMILES string of the molecule is COc1ccccc1CCNC(=O)Cn1ccc2cc(Br)ccc21. The molecule has 0 aliphatic rings. The molecule has 1 aromatic heterocycles. The highest BCUT2D eigenvalue weighted by atomic mass is 79.9. The van der Waals surface area contributed by atoms with Crippen LogP contribution in [0.2, 0.25) is 0 Å². The van der Waals surface area contributed by atoms with Gasteiger partial charge < -0.3 is 14.6 Å². The lowest BCUT2D eigenvalue weighted by Crippen LogP contribution is -2.29. The third kappa shape index (κ3) is 3.79. The molecule has 0 bridgehead atoms.